The topological polar surface area (TPSA) is 35.1 Å². The predicted octanol–water partition coefficient (Wildman–Crippen LogP) is 2.68. The van der Waals surface area contributed by atoms with Crippen LogP contribution in [0.15, 0.2) is 18.5 Å². The van der Waals surface area contributed by atoms with E-state index in [0.29, 0.717) is 0 Å². The fourth-order valence-electron chi connectivity index (χ4n) is 2.71. The Morgan fingerprint density at radius 2 is 2.17 bits per heavy atom. The summed E-state index contributed by atoms with van der Waals surface area (Å²) < 4.78 is 4.15. The molecule has 3 aromatic heterocycles. The minimum Gasteiger partial charge on any atom is -0.294 e. The maximum Gasteiger partial charge on any atom is 0.194 e. The molecule has 0 bridgehead atoms. The van der Waals surface area contributed by atoms with Crippen LogP contribution in [-0.4, -0.2) is 19.2 Å². The molecule has 4 nitrogen and oxygen atoms in total. The SMILES string of the molecule is Cn1nccc1-c1cn2c3c(sc2n1)CCCC3. The minimum atomic E-state index is 1.02. The molecule has 0 spiro atoms. The van der Waals surface area contributed by atoms with Crippen LogP contribution in [0.1, 0.15) is 23.4 Å². The van der Waals surface area contributed by atoms with Gasteiger partial charge in [0.2, 0.25) is 0 Å². The Morgan fingerprint density at radius 1 is 1.28 bits per heavy atom. The molecule has 1 aliphatic carbocycles. The van der Waals surface area contributed by atoms with E-state index in [1.54, 1.807) is 0 Å². The van der Waals surface area contributed by atoms with Crippen molar-refractivity contribution in [3.63, 3.8) is 0 Å². The normalized spacial score (nSPS) is 15.2. The lowest BCUT2D eigenvalue weighted by Crippen LogP contribution is -2.01. The molecule has 0 saturated carbocycles. The van der Waals surface area contributed by atoms with Crippen molar-refractivity contribution < 1.29 is 0 Å². The van der Waals surface area contributed by atoms with Gasteiger partial charge in [0.1, 0.15) is 5.69 Å². The fraction of sp³-hybridized carbons (Fsp3) is 0.385. The molecule has 92 valence electrons. The average molecular weight is 258 g/mol. The number of fused-ring (bicyclic) bond motifs is 3. The first-order valence-electron chi connectivity index (χ1n) is 6.31. The first kappa shape index (κ1) is 10.3. The van der Waals surface area contributed by atoms with Crippen LogP contribution in [0.5, 0.6) is 0 Å². The van der Waals surface area contributed by atoms with Crippen molar-refractivity contribution in [2.24, 2.45) is 7.05 Å². The van der Waals surface area contributed by atoms with Crippen molar-refractivity contribution in [1.29, 1.82) is 0 Å². The lowest BCUT2D eigenvalue weighted by molar-refractivity contribution is 0.674. The fourth-order valence-corrected chi connectivity index (χ4v) is 3.90. The molecule has 0 atom stereocenters. The maximum atomic E-state index is 4.74. The summed E-state index contributed by atoms with van der Waals surface area (Å²) in [5.41, 5.74) is 3.58. The molecule has 18 heavy (non-hydrogen) atoms. The highest BCUT2D eigenvalue weighted by atomic mass is 32.1. The Kier molecular flexibility index (Phi) is 2.11. The van der Waals surface area contributed by atoms with E-state index < -0.39 is 0 Å². The summed E-state index contributed by atoms with van der Waals surface area (Å²) in [6.45, 7) is 0. The predicted molar refractivity (Wildman–Crippen MR) is 71.9 cm³/mol. The summed E-state index contributed by atoms with van der Waals surface area (Å²) in [5.74, 6) is 0. The van der Waals surface area contributed by atoms with Crippen molar-refractivity contribution in [3.05, 3.63) is 29.0 Å². The first-order valence-corrected chi connectivity index (χ1v) is 7.12. The molecular formula is C13H14N4S. The third kappa shape index (κ3) is 1.37. The summed E-state index contributed by atoms with van der Waals surface area (Å²) in [5, 5.41) is 4.21. The van der Waals surface area contributed by atoms with Gasteiger partial charge in [0.15, 0.2) is 4.96 Å². The van der Waals surface area contributed by atoms with Crippen LogP contribution in [0.2, 0.25) is 0 Å². The molecule has 0 saturated heterocycles. The summed E-state index contributed by atoms with van der Waals surface area (Å²) in [6.07, 6.45) is 9.02. The highest BCUT2D eigenvalue weighted by Gasteiger charge is 2.18. The van der Waals surface area contributed by atoms with Crippen LogP contribution in [0.25, 0.3) is 16.3 Å². The molecule has 0 unspecified atom stereocenters. The lowest BCUT2D eigenvalue weighted by Gasteiger charge is -2.09. The standard InChI is InChI=1S/C13H14N4S/c1-16-10(6-7-14-16)9-8-17-11-4-2-3-5-12(11)18-13(17)15-9/h6-8H,2-5H2,1H3. The van der Waals surface area contributed by atoms with Crippen LogP contribution in [0.4, 0.5) is 0 Å². The number of hydrogen-bond donors (Lipinski definition) is 0. The average Bonchev–Trinajstić information content (AvgIpc) is 3.01. The van der Waals surface area contributed by atoms with Crippen molar-refractivity contribution in [3.8, 4) is 11.4 Å². The highest BCUT2D eigenvalue weighted by Crippen LogP contribution is 2.31. The number of aromatic nitrogens is 4. The maximum absolute atomic E-state index is 4.74. The monoisotopic (exact) mass is 258 g/mol. The first-order chi connectivity index (χ1) is 8.83. The lowest BCUT2D eigenvalue weighted by atomic mass is 10.0. The second kappa shape index (κ2) is 3.68. The van der Waals surface area contributed by atoms with Gasteiger partial charge in [0.05, 0.1) is 5.69 Å². The van der Waals surface area contributed by atoms with Gasteiger partial charge in [-0.25, -0.2) is 4.98 Å². The smallest absolute Gasteiger partial charge is 0.194 e. The van der Waals surface area contributed by atoms with E-state index in [4.69, 9.17) is 4.98 Å². The van der Waals surface area contributed by atoms with Gasteiger partial charge in [-0.05, 0) is 31.7 Å². The Hall–Kier alpha value is -1.62. The van der Waals surface area contributed by atoms with E-state index in [1.807, 2.05) is 35.3 Å². The summed E-state index contributed by atoms with van der Waals surface area (Å²) in [7, 11) is 1.96. The Labute approximate surface area is 109 Å². The van der Waals surface area contributed by atoms with Crippen LogP contribution >= 0.6 is 11.3 Å². The van der Waals surface area contributed by atoms with Gasteiger partial charge in [-0.2, -0.15) is 5.10 Å². The highest BCUT2D eigenvalue weighted by molar-refractivity contribution is 7.17. The summed E-state index contributed by atoms with van der Waals surface area (Å²) in [6, 6.07) is 2.01. The summed E-state index contributed by atoms with van der Waals surface area (Å²) in [4.78, 5) is 7.39. The zero-order valence-corrected chi connectivity index (χ0v) is 11.1. The van der Waals surface area contributed by atoms with Crippen molar-refractivity contribution >= 4 is 16.3 Å². The summed E-state index contributed by atoms with van der Waals surface area (Å²) >= 11 is 1.85. The van der Waals surface area contributed by atoms with E-state index in [9.17, 15) is 0 Å². The molecule has 3 aromatic rings. The quantitative estimate of drug-likeness (QED) is 0.672. The zero-order chi connectivity index (χ0) is 12.1. The van der Waals surface area contributed by atoms with E-state index in [2.05, 4.69) is 15.7 Å². The molecule has 0 radical (unpaired) electrons. The molecule has 0 fully saturated rings. The number of aryl methyl sites for hydroxylation is 3. The second-order valence-electron chi connectivity index (χ2n) is 4.80. The minimum absolute atomic E-state index is 1.02. The van der Waals surface area contributed by atoms with Crippen LogP contribution in [0, 0.1) is 0 Å². The van der Waals surface area contributed by atoms with Crippen LogP contribution in [-0.2, 0) is 19.9 Å². The largest absolute Gasteiger partial charge is 0.294 e. The number of hydrogen-bond acceptors (Lipinski definition) is 3. The van der Waals surface area contributed by atoms with Crippen molar-refractivity contribution in [2.45, 2.75) is 25.7 Å². The van der Waals surface area contributed by atoms with Crippen molar-refractivity contribution in [2.75, 3.05) is 0 Å². The molecular weight excluding hydrogens is 244 g/mol. The second-order valence-corrected chi connectivity index (χ2v) is 5.86. The van der Waals surface area contributed by atoms with Gasteiger partial charge >= 0.3 is 0 Å². The Morgan fingerprint density at radius 3 is 3.00 bits per heavy atom. The molecule has 0 aliphatic heterocycles. The van der Waals surface area contributed by atoms with Crippen LogP contribution in [0.3, 0.4) is 0 Å². The van der Waals surface area contributed by atoms with E-state index in [0.717, 1.165) is 16.3 Å². The van der Waals surface area contributed by atoms with Gasteiger partial charge in [-0.1, -0.05) is 0 Å². The number of rotatable bonds is 1. The Balaban J connectivity index is 1.90. The van der Waals surface area contributed by atoms with E-state index in [1.165, 1.54) is 36.3 Å². The molecule has 5 heteroatoms. The van der Waals surface area contributed by atoms with Crippen LogP contribution < -0.4 is 0 Å². The number of thiazole rings is 1. The number of imidazole rings is 1. The van der Waals surface area contributed by atoms with E-state index in [-0.39, 0.29) is 0 Å². The molecule has 0 aromatic carbocycles. The van der Waals surface area contributed by atoms with E-state index >= 15 is 0 Å². The van der Waals surface area contributed by atoms with Crippen molar-refractivity contribution in [1.82, 2.24) is 19.2 Å². The van der Waals surface area contributed by atoms with Gasteiger partial charge in [-0.3, -0.25) is 9.08 Å². The molecule has 0 N–H and O–H groups in total. The third-order valence-corrected chi connectivity index (χ3v) is 4.81. The third-order valence-electron chi connectivity index (χ3n) is 3.65. The Bertz CT molecular complexity index is 719. The van der Waals surface area contributed by atoms with Gasteiger partial charge in [-0.15, -0.1) is 11.3 Å². The molecule has 3 heterocycles. The van der Waals surface area contributed by atoms with Gasteiger partial charge in [0.25, 0.3) is 0 Å². The van der Waals surface area contributed by atoms with Gasteiger partial charge in [0, 0.05) is 30.0 Å². The molecule has 0 amide bonds. The number of nitrogens with zero attached hydrogens (tertiary/aromatic N) is 4. The van der Waals surface area contributed by atoms with Gasteiger partial charge < -0.3 is 0 Å². The molecule has 1 aliphatic rings. The molecule has 4 rings (SSSR count). The zero-order valence-electron chi connectivity index (χ0n) is 10.3.